The molecule has 1 amide bonds. The lowest BCUT2D eigenvalue weighted by atomic mass is 9.95. The molecule has 0 aromatic carbocycles. The van der Waals surface area contributed by atoms with Gasteiger partial charge < -0.3 is 9.80 Å². The summed E-state index contributed by atoms with van der Waals surface area (Å²) in [4.78, 5) is 26.1. The molecule has 1 aliphatic carbocycles. The molecule has 5 nitrogen and oxygen atoms in total. The molecule has 1 saturated heterocycles. The zero-order valence-corrected chi connectivity index (χ0v) is 15.2. The van der Waals surface area contributed by atoms with Crippen molar-refractivity contribution in [1.82, 2.24) is 14.9 Å². The van der Waals surface area contributed by atoms with Crippen molar-refractivity contribution >= 4 is 11.6 Å². The molecule has 134 valence electrons. The molecule has 3 aliphatic rings. The Hall–Kier alpha value is -2.43. The van der Waals surface area contributed by atoms with Crippen molar-refractivity contribution in [2.75, 3.05) is 18.0 Å². The summed E-state index contributed by atoms with van der Waals surface area (Å²) in [5.74, 6) is 0.732. The van der Waals surface area contributed by atoms with E-state index in [1.54, 1.807) is 6.20 Å². The first kappa shape index (κ1) is 15.8. The average Bonchev–Trinajstić information content (AvgIpc) is 3.25. The maximum atomic E-state index is 12.8. The SMILES string of the molecule is Cc1nc2c(c3c1CCC3)CN(C(=O)CC1CN(c3cccnc3)C1)C2. The van der Waals surface area contributed by atoms with Crippen LogP contribution in [0.5, 0.6) is 0 Å². The first-order valence-electron chi connectivity index (χ1n) is 9.62. The van der Waals surface area contributed by atoms with Crippen molar-refractivity contribution in [1.29, 1.82) is 0 Å². The first-order chi connectivity index (χ1) is 12.7. The van der Waals surface area contributed by atoms with Crippen molar-refractivity contribution in [2.24, 2.45) is 5.92 Å². The van der Waals surface area contributed by atoms with Crippen LogP contribution in [0.25, 0.3) is 0 Å². The highest BCUT2D eigenvalue weighted by atomic mass is 16.2. The lowest BCUT2D eigenvalue weighted by Gasteiger charge is -2.41. The molecular formula is C21H24N4O. The summed E-state index contributed by atoms with van der Waals surface area (Å²) in [6.07, 6.45) is 7.87. The average molecular weight is 348 g/mol. The molecule has 2 aromatic heterocycles. The van der Waals surface area contributed by atoms with Crippen LogP contribution in [0.15, 0.2) is 24.5 Å². The monoisotopic (exact) mass is 348 g/mol. The van der Waals surface area contributed by atoms with E-state index >= 15 is 0 Å². The Morgan fingerprint density at radius 2 is 2.04 bits per heavy atom. The Morgan fingerprint density at radius 3 is 2.85 bits per heavy atom. The van der Waals surface area contributed by atoms with Crippen LogP contribution in [-0.4, -0.2) is 33.9 Å². The van der Waals surface area contributed by atoms with Gasteiger partial charge in [-0.2, -0.15) is 0 Å². The van der Waals surface area contributed by atoms with Gasteiger partial charge in [-0.05, 0) is 55.0 Å². The highest BCUT2D eigenvalue weighted by Crippen LogP contribution is 2.35. The van der Waals surface area contributed by atoms with Gasteiger partial charge in [0, 0.05) is 43.9 Å². The van der Waals surface area contributed by atoms with E-state index in [1.165, 1.54) is 28.8 Å². The van der Waals surface area contributed by atoms with Crippen molar-refractivity contribution in [3.63, 3.8) is 0 Å². The maximum Gasteiger partial charge on any atom is 0.223 e. The molecule has 0 spiro atoms. The third-order valence-electron chi connectivity index (χ3n) is 6.14. The summed E-state index contributed by atoms with van der Waals surface area (Å²) >= 11 is 0. The summed E-state index contributed by atoms with van der Waals surface area (Å²) in [5, 5.41) is 0. The minimum Gasteiger partial charge on any atom is -0.370 e. The van der Waals surface area contributed by atoms with Crippen molar-refractivity contribution < 1.29 is 4.79 Å². The second kappa shape index (κ2) is 6.08. The lowest BCUT2D eigenvalue weighted by molar-refractivity contribution is -0.133. The Labute approximate surface area is 154 Å². The van der Waals surface area contributed by atoms with Crippen LogP contribution in [0, 0.1) is 12.8 Å². The van der Waals surface area contributed by atoms with Crippen LogP contribution >= 0.6 is 0 Å². The number of hydrogen-bond acceptors (Lipinski definition) is 4. The number of fused-ring (bicyclic) bond motifs is 3. The highest BCUT2D eigenvalue weighted by molar-refractivity contribution is 5.77. The van der Waals surface area contributed by atoms with Crippen LogP contribution < -0.4 is 4.90 Å². The van der Waals surface area contributed by atoms with Gasteiger partial charge >= 0.3 is 0 Å². The minimum absolute atomic E-state index is 0.281. The molecule has 26 heavy (non-hydrogen) atoms. The number of aryl methyl sites for hydroxylation is 1. The summed E-state index contributed by atoms with van der Waals surface area (Å²) in [6, 6.07) is 4.04. The second-order valence-corrected chi connectivity index (χ2v) is 7.87. The molecule has 5 heteroatoms. The van der Waals surface area contributed by atoms with Crippen molar-refractivity contribution in [2.45, 2.75) is 45.7 Å². The predicted octanol–water partition coefficient (Wildman–Crippen LogP) is 2.64. The van der Waals surface area contributed by atoms with Gasteiger partial charge in [-0.15, -0.1) is 0 Å². The van der Waals surface area contributed by atoms with Gasteiger partial charge in [-0.1, -0.05) is 0 Å². The molecule has 0 saturated carbocycles. The van der Waals surface area contributed by atoms with Crippen LogP contribution in [0.4, 0.5) is 5.69 Å². The summed E-state index contributed by atoms with van der Waals surface area (Å²) in [6.45, 7) is 5.48. The third kappa shape index (κ3) is 2.57. The molecule has 0 atom stereocenters. The number of carbonyl (C=O) groups excluding carboxylic acids is 1. The molecule has 2 aromatic rings. The van der Waals surface area contributed by atoms with E-state index in [-0.39, 0.29) is 5.91 Å². The Morgan fingerprint density at radius 1 is 1.19 bits per heavy atom. The van der Waals surface area contributed by atoms with E-state index in [9.17, 15) is 4.79 Å². The molecule has 5 rings (SSSR count). The summed E-state index contributed by atoms with van der Waals surface area (Å²) in [5.41, 5.74) is 7.76. The van der Waals surface area contributed by atoms with E-state index in [0.717, 1.165) is 43.9 Å². The molecule has 4 heterocycles. The largest absolute Gasteiger partial charge is 0.370 e. The quantitative estimate of drug-likeness (QED) is 0.856. The van der Waals surface area contributed by atoms with Gasteiger partial charge in [0.25, 0.3) is 0 Å². The minimum atomic E-state index is 0.281. The van der Waals surface area contributed by atoms with Gasteiger partial charge in [-0.25, -0.2) is 0 Å². The number of hydrogen-bond donors (Lipinski definition) is 0. The number of anilines is 1. The fourth-order valence-corrected chi connectivity index (χ4v) is 4.74. The van der Waals surface area contributed by atoms with Crippen molar-refractivity contribution in [3.05, 3.63) is 52.6 Å². The van der Waals surface area contributed by atoms with Gasteiger partial charge in [0.1, 0.15) is 0 Å². The summed E-state index contributed by atoms with van der Waals surface area (Å²) < 4.78 is 0. The Balaban J connectivity index is 1.22. The Kier molecular flexibility index (Phi) is 3.69. The number of rotatable bonds is 3. The fourth-order valence-electron chi connectivity index (χ4n) is 4.74. The number of nitrogens with zero attached hydrogens (tertiary/aromatic N) is 4. The van der Waals surface area contributed by atoms with Gasteiger partial charge in [-0.3, -0.25) is 14.8 Å². The third-order valence-corrected chi connectivity index (χ3v) is 6.14. The smallest absolute Gasteiger partial charge is 0.223 e. The van der Waals surface area contributed by atoms with E-state index in [2.05, 4.69) is 22.9 Å². The summed E-state index contributed by atoms with van der Waals surface area (Å²) in [7, 11) is 0. The van der Waals surface area contributed by atoms with E-state index in [4.69, 9.17) is 4.98 Å². The zero-order chi connectivity index (χ0) is 17.7. The van der Waals surface area contributed by atoms with Crippen LogP contribution in [0.3, 0.4) is 0 Å². The number of amides is 1. The van der Waals surface area contributed by atoms with Gasteiger partial charge in [0.05, 0.1) is 24.1 Å². The molecular weight excluding hydrogens is 324 g/mol. The van der Waals surface area contributed by atoms with Crippen molar-refractivity contribution in [3.8, 4) is 0 Å². The molecule has 0 bridgehead atoms. The van der Waals surface area contributed by atoms with E-state index in [0.29, 0.717) is 18.9 Å². The van der Waals surface area contributed by atoms with Crippen LogP contribution in [0.1, 0.15) is 40.9 Å². The number of carbonyl (C=O) groups is 1. The first-order valence-corrected chi connectivity index (χ1v) is 9.62. The van der Waals surface area contributed by atoms with E-state index < -0.39 is 0 Å². The van der Waals surface area contributed by atoms with E-state index in [1.807, 2.05) is 17.2 Å². The predicted molar refractivity (Wildman–Crippen MR) is 99.8 cm³/mol. The molecule has 2 aliphatic heterocycles. The van der Waals surface area contributed by atoms with Gasteiger partial charge in [0.2, 0.25) is 5.91 Å². The number of aromatic nitrogens is 2. The second-order valence-electron chi connectivity index (χ2n) is 7.87. The van der Waals surface area contributed by atoms with Crippen LogP contribution in [0.2, 0.25) is 0 Å². The molecule has 0 unspecified atom stereocenters. The molecule has 0 radical (unpaired) electrons. The normalized spacial score (nSPS) is 18.7. The zero-order valence-electron chi connectivity index (χ0n) is 15.2. The van der Waals surface area contributed by atoms with Gasteiger partial charge in [0.15, 0.2) is 0 Å². The molecule has 0 N–H and O–H groups in total. The lowest BCUT2D eigenvalue weighted by Crippen LogP contribution is -2.48. The topological polar surface area (TPSA) is 49.3 Å². The fraction of sp³-hybridized carbons (Fsp3) is 0.476. The maximum absolute atomic E-state index is 12.8. The Bertz CT molecular complexity index is 858. The number of pyridine rings is 2. The standard InChI is InChI=1S/C21H24N4O/c1-14-17-5-2-6-18(17)19-12-25(13-20(19)23-14)21(26)8-15-10-24(11-15)16-4-3-7-22-9-16/h3-4,7,9,15H,2,5-6,8,10-13H2,1H3. The van der Waals surface area contributed by atoms with Crippen LogP contribution in [-0.2, 0) is 30.7 Å². The highest BCUT2D eigenvalue weighted by Gasteiger charge is 2.34. The molecule has 1 fully saturated rings.